The van der Waals surface area contributed by atoms with Crippen LogP contribution in [-0.4, -0.2) is 50.1 Å². The van der Waals surface area contributed by atoms with Gasteiger partial charge in [0, 0.05) is 43.1 Å². The van der Waals surface area contributed by atoms with Gasteiger partial charge in [-0.05, 0) is 18.2 Å². The summed E-state index contributed by atoms with van der Waals surface area (Å²) in [4.78, 5) is 23.9. The number of carbonyl (C=O) groups excluding carboxylic acids is 2. The van der Waals surface area contributed by atoms with Gasteiger partial charge in [-0.3, -0.25) is 9.59 Å². The Morgan fingerprint density at radius 3 is 2.91 bits per heavy atom. The lowest BCUT2D eigenvalue weighted by atomic mass is 10.1. The van der Waals surface area contributed by atoms with Crippen LogP contribution >= 0.6 is 11.8 Å². The van der Waals surface area contributed by atoms with E-state index < -0.39 is 0 Å². The summed E-state index contributed by atoms with van der Waals surface area (Å²) >= 11 is 1.85. The Morgan fingerprint density at radius 1 is 1.45 bits per heavy atom. The van der Waals surface area contributed by atoms with Crippen LogP contribution in [0.5, 0.6) is 5.75 Å². The molecule has 120 valence electrons. The number of ether oxygens (including phenoxy) is 1. The van der Waals surface area contributed by atoms with Gasteiger partial charge in [0.15, 0.2) is 0 Å². The largest absolute Gasteiger partial charge is 0.495 e. The van der Waals surface area contributed by atoms with E-state index in [0.717, 1.165) is 18.1 Å². The first kappa shape index (κ1) is 16.6. The second-order valence-electron chi connectivity index (χ2n) is 4.97. The summed E-state index contributed by atoms with van der Waals surface area (Å²) in [6.45, 7) is 0.929. The molecule has 22 heavy (non-hydrogen) atoms. The van der Waals surface area contributed by atoms with Crippen molar-refractivity contribution in [3.63, 3.8) is 0 Å². The molecule has 1 aromatic carbocycles. The molecule has 0 aliphatic carbocycles. The van der Waals surface area contributed by atoms with Gasteiger partial charge in [0.05, 0.1) is 12.8 Å². The number of methoxy groups -OCH3 is 1. The van der Waals surface area contributed by atoms with Gasteiger partial charge in [-0.25, -0.2) is 0 Å². The molecule has 1 atom stereocenters. The molecule has 1 saturated heterocycles. The molecule has 3 N–H and O–H groups in total. The van der Waals surface area contributed by atoms with Gasteiger partial charge in [0.25, 0.3) is 5.91 Å². The van der Waals surface area contributed by atoms with Gasteiger partial charge in [0.1, 0.15) is 5.75 Å². The Labute approximate surface area is 134 Å². The van der Waals surface area contributed by atoms with E-state index in [1.165, 1.54) is 7.11 Å². The lowest BCUT2D eigenvalue weighted by Gasteiger charge is -2.22. The Balaban J connectivity index is 2.05. The fraction of sp³-hybridized carbons (Fsp3) is 0.467. The molecule has 0 saturated carbocycles. The average molecular weight is 323 g/mol. The zero-order valence-electron chi connectivity index (χ0n) is 12.8. The lowest BCUT2D eigenvalue weighted by molar-refractivity contribution is -0.116. The van der Waals surface area contributed by atoms with Crippen LogP contribution in [0.25, 0.3) is 0 Å². The van der Waals surface area contributed by atoms with E-state index in [9.17, 15) is 9.59 Å². The van der Waals surface area contributed by atoms with E-state index in [1.807, 2.05) is 11.8 Å². The van der Waals surface area contributed by atoms with Crippen molar-refractivity contribution < 1.29 is 14.3 Å². The number of benzene rings is 1. The highest BCUT2D eigenvalue weighted by atomic mass is 32.2. The Kier molecular flexibility index (Phi) is 6.09. The van der Waals surface area contributed by atoms with Gasteiger partial charge in [-0.15, -0.1) is 0 Å². The maximum Gasteiger partial charge on any atom is 0.251 e. The van der Waals surface area contributed by atoms with E-state index in [-0.39, 0.29) is 17.9 Å². The molecule has 1 aliphatic rings. The second kappa shape index (κ2) is 8.05. The highest BCUT2D eigenvalue weighted by molar-refractivity contribution is 7.99. The van der Waals surface area contributed by atoms with Crippen molar-refractivity contribution in [2.24, 2.45) is 0 Å². The number of rotatable bonds is 5. The van der Waals surface area contributed by atoms with Crippen LogP contribution in [0.3, 0.4) is 0 Å². The third-order valence-corrected chi connectivity index (χ3v) is 4.52. The van der Waals surface area contributed by atoms with E-state index in [4.69, 9.17) is 4.74 Å². The Hall–Kier alpha value is -1.73. The molecule has 6 nitrogen and oxygen atoms in total. The van der Waals surface area contributed by atoms with E-state index in [2.05, 4.69) is 16.0 Å². The third kappa shape index (κ3) is 4.38. The predicted molar refractivity (Wildman–Crippen MR) is 88.7 cm³/mol. The normalized spacial score (nSPS) is 17.6. The molecule has 7 heteroatoms. The maximum absolute atomic E-state index is 12.2. The van der Waals surface area contributed by atoms with Crippen LogP contribution in [0.2, 0.25) is 0 Å². The summed E-state index contributed by atoms with van der Waals surface area (Å²) in [5.74, 6) is 2.26. The molecule has 0 spiro atoms. The molecular weight excluding hydrogens is 302 g/mol. The molecule has 1 heterocycles. The number of hydrogen-bond acceptors (Lipinski definition) is 5. The van der Waals surface area contributed by atoms with Crippen LogP contribution < -0.4 is 20.7 Å². The fourth-order valence-corrected chi connectivity index (χ4v) is 3.22. The minimum absolute atomic E-state index is 0.0904. The minimum Gasteiger partial charge on any atom is -0.495 e. The van der Waals surface area contributed by atoms with Crippen molar-refractivity contribution in [2.75, 3.05) is 37.5 Å². The monoisotopic (exact) mass is 323 g/mol. The molecule has 0 bridgehead atoms. The Bertz CT molecular complexity index is 545. The summed E-state index contributed by atoms with van der Waals surface area (Å²) in [7, 11) is 3.10. The summed E-state index contributed by atoms with van der Waals surface area (Å²) in [5, 5.41) is 8.72. The van der Waals surface area contributed by atoms with Gasteiger partial charge in [-0.2, -0.15) is 11.8 Å². The van der Waals surface area contributed by atoms with Crippen molar-refractivity contribution >= 4 is 29.3 Å². The highest BCUT2D eigenvalue weighted by Gasteiger charge is 2.18. The van der Waals surface area contributed by atoms with Crippen LogP contribution in [0.4, 0.5) is 5.69 Å². The molecule has 1 aromatic rings. The number of nitrogens with one attached hydrogen (secondary N) is 3. The zero-order chi connectivity index (χ0) is 15.9. The predicted octanol–water partition coefficient (Wildman–Crippen LogP) is 1.09. The van der Waals surface area contributed by atoms with Gasteiger partial charge < -0.3 is 20.7 Å². The van der Waals surface area contributed by atoms with E-state index in [1.54, 1.807) is 25.2 Å². The topological polar surface area (TPSA) is 79.5 Å². The van der Waals surface area contributed by atoms with Crippen molar-refractivity contribution in [1.82, 2.24) is 10.6 Å². The van der Waals surface area contributed by atoms with E-state index in [0.29, 0.717) is 23.4 Å². The van der Waals surface area contributed by atoms with Gasteiger partial charge >= 0.3 is 0 Å². The van der Waals surface area contributed by atoms with Crippen LogP contribution in [0.1, 0.15) is 16.8 Å². The number of anilines is 1. The molecule has 0 radical (unpaired) electrons. The lowest BCUT2D eigenvalue weighted by Crippen LogP contribution is -2.39. The average Bonchev–Trinajstić information content (AvgIpc) is 2.54. The number of hydrogen-bond donors (Lipinski definition) is 3. The van der Waals surface area contributed by atoms with Crippen LogP contribution in [0, 0.1) is 0 Å². The summed E-state index contributed by atoms with van der Waals surface area (Å²) in [6.07, 6.45) is 0.403. The Morgan fingerprint density at radius 2 is 2.27 bits per heavy atom. The highest BCUT2D eigenvalue weighted by Crippen LogP contribution is 2.26. The van der Waals surface area contributed by atoms with Crippen LogP contribution in [-0.2, 0) is 4.79 Å². The van der Waals surface area contributed by atoms with Crippen LogP contribution in [0.15, 0.2) is 18.2 Å². The summed E-state index contributed by atoms with van der Waals surface area (Å²) in [5.41, 5.74) is 0.988. The first-order chi connectivity index (χ1) is 10.6. The van der Waals surface area contributed by atoms with Crippen molar-refractivity contribution in [1.29, 1.82) is 0 Å². The quantitative estimate of drug-likeness (QED) is 0.756. The standard InChI is InChI=1S/C15H21N3O3S/c1-16-15(20)10-3-4-13(21-2)12(7-10)18-14(19)8-11-9-22-6-5-17-11/h3-4,7,11,17H,5-6,8-9H2,1-2H3,(H,16,20)(H,18,19). The molecule has 1 unspecified atom stereocenters. The number of carbonyl (C=O) groups is 2. The molecular formula is C15H21N3O3S. The second-order valence-corrected chi connectivity index (χ2v) is 6.12. The third-order valence-electron chi connectivity index (χ3n) is 3.39. The molecule has 2 amide bonds. The fourth-order valence-electron chi connectivity index (χ4n) is 2.27. The zero-order valence-corrected chi connectivity index (χ0v) is 13.6. The molecule has 1 aliphatic heterocycles. The van der Waals surface area contributed by atoms with Gasteiger partial charge in [-0.1, -0.05) is 0 Å². The first-order valence-electron chi connectivity index (χ1n) is 7.15. The number of amides is 2. The van der Waals surface area contributed by atoms with Crippen molar-refractivity contribution in [3.8, 4) is 5.75 Å². The van der Waals surface area contributed by atoms with Crippen molar-refractivity contribution in [3.05, 3.63) is 23.8 Å². The van der Waals surface area contributed by atoms with Gasteiger partial charge in [0.2, 0.25) is 5.91 Å². The van der Waals surface area contributed by atoms with E-state index >= 15 is 0 Å². The summed E-state index contributed by atoms with van der Waals surface area (Å²) in [6, 6.07) is 5.15. The smallest absolute Gasteiger partial charge is 0.251 e. The SMILES string of the molecule is CNC(=O)c1ccc(OC)c(NC(=O)CC2CSCCN2)c1. The van der Waals surface area contributed by atoms with Crippen molar-refractivity contribution in [2.45, 2.75) is 12.5 Å². The first-order valence-corrected chi connectivity index (χ1v) is 8.30. The molecule has 1 fully saturated rings. The summed E-state index contributed by atoms with van der Waals surface area (Å²) < 4.78 is 5.24. The maximum atomic E-state index is 12.2. The number of thioether (sulfide) groups is 1. The molecule has 0 aromatic heterocycles. The minimum atomic E-state index is -0.205. The molecule has 2 rings (SSSR count).